The lowest BCUT2D eigenvalue weighted by molar-refractivity contribution is 0.587. The molecule has 0 aromatic heterocycles. The van der Waals surface area contributed by atoms with Gasteiger partial charge in [0.25, 0.3) is 0 Å². The van der Waals surface area contributed by atoms with E-state index in [1.807, 2.05) is 0 Å². The van der Waals surface area contributed by atoms with Crippen LogP contribution in [0.25, 0.3) is 32.3 Å². The van der Waals surface area contributed by atoms with Crippen LogP contribution in [-0.4, -0.2) is 0 Å². The molecule has 0 unspecified atom stereocenters. The molecule has 0 amide bonds. The molecule has 0 heterocycles. The van der Waals surface area contributed by atoms with Crippen LogP contribution in [0.2, 0.25) is 0 Å². The van der Waals surface area contributed by atoms with E-state index in [4.69, 9.17) is 0 Å². The minimum absolute atomic E-state index is 0.146. The van der Waals surface area contributed by atoms with E-state index in [2.05, 4.69) is 103 Å². The molecule has 0 fully saturated rings. The van der Waals surface area contributed by atoms with Gasteiger partial charge in [0.05, 0.1) is 0 Å². The summed E-state index contributed by atoms with van der Waals surface area (Å²) in [6.07, 6.45) is 5.58. The molecular weight excluding hydrogens is 432 g/mol. The van der Waals surface area contributed by atoms with Crippen molar-refractivity contribution >= 4 is 32.3 Å². The van der Waals surface area contributed by atoms with Crippen molar-refractivity contribution in [2.45, 2.75) is 91.4 Å². The molecule has 184 valence electrons. The van der Waals surface area contributed by atoms with E-state index >= 15 is 0 Å². The van der Waals surface area contributed by atoms with Crippen molar-refractivity contribution < 1.29 is 0 Å². The van der Waals surface area contributed by atoms with Gasteiger partial charge < -0.3 is 0 Å². The third-order valence-corrected chi connectivity index (χ3v) is 8.74. The molecule has 0 spiro atoms. The van der Waals surface area contributed by atoms with Gasteiger partial charge in [0.15, 0.2) is 0 Å². The van der Waals surface area contributed by atoms with Crippen molar-refractivity contribution in [2.75, 3.05) is 0 Å². The van der Waals surface area contributed by atoms with Gasteiger partial charge in [0.1, 0.15) is 0 Å². The number of benzene rings is 5. The van der Waals surface area contributed by atoms with E-state index in [1.165, 1.54) is 54.6 Å². The highest BCUT2D eigenvalue weighted by Crippen LogP contribution is 2.41. The van der Waals surface area contributed by atoms with Gasteiger partial charge in [0, 0.05) is 0 Å². The molecule has 0 saturated heterocycles. The Hall–Kier alpha value is -2.86. The number of aryl methyl sites for hydroxylation is 4. The Labute approximate surface area is 217 Å². The number of fused-ring (bicyclic) bond motifs is 6. The van der Waals surface area contributed by atoms with Crippen LogP contribution < -0.4 is 0 Å². The second kappa shape index (κ2) is 8.07. The highest BCUT2D eigenvalue weighted by atomic mass is 14.3. The summed E-state index contributed by atoms with van der Waals surface area (Å²) < 4.78 is 0. The lowest BCUT2D eigenvalue weighted by atomic mass is 9.79. The smallest absolute Gasteiger partial charge is 0.00213 e. The molecule has 0 heteroatoms. The van der Waals surface area contributed by atoms with Crippen molar-refractivity contribution in [1.29, 1.82) is 0 Å². The summed E-state index contributed by atoms with van der Waals surface area (Å²) in [4.78, 5) is 0. The fraction of sp³-hybridized carbons (Fsp3) is 0.389. The van der Waals surface area contributed by atoms with Gasteiger partial charge in [-0.2, -0.15) is 0 Å². The maximum Gasteiger partial charge on any atom is -0.00213 e. The van der Waals surface area contributed by atoms with Crippen LogP contribution in [0.1, 0.15) is 87.4 Å². The van der Waals surface area contributed by atoms with Gasteiger partial charge in [-0.3, -0.25) is 0 Å². The summed E-state index contributed by atoms with van der Waals surface area (Å²) in [5, 5.41) is 8.65. The molecule has 36 heavy (non-hydrogen) atoms. The summed E-state index contributed by atoms with van der Waals surface area (Å²) in [6, 6.07) is 22.0. The average molecular weight is 473 g/mol. The summed E-state index contributed by atoms with van der Waals surface area (Å²) in [7, 11) is 0. The van der Waals surface area contributed by atoms with Crippen molar-refractivity contribution in [1.82, 2.24) is 0 Å². The average Bonchev–Trinajstić information content (AvgIpc) is 2.82. The van der Waals surface area contributed by atoms with Crippen LogP contribution in [0.3, 0.4) is 0 Å². The fourth-order valence-electron chi connectivity index (χ4n) is 6.58. The molecule has 0 atom stereocenters. The Kier molecular flexibility index (Phi) is 5.28. The summed E-state index contributed by atoms with van der Waals surface area (Å²) in [5.41, 5.74) is 11.0. The second-order valence-corrected chi connectivity index (χ2v) is 13.2. The Balaban J connectivity index is 1.59. The molecule has 0 aliphatic heterocycles. The monoisotopic (exact) mass is 472 g/mol. The molecule has 5 aromatic carbocycles. The van der Waals surface area contributed by atoms with Gasteiger partial charge in [-0.25, -0.2) is 0 Å². The van der Waals surface area contributed by atoms with E-state index in [1.54, 1.807) is 16.7 Å². The van der Waals surface area contributed by atoms with Gasteiger partial charge >= 0.3 is 0 Å². The first-order valence-corrected chi connectivity index (χ1v) is 13.9. The number of hydrogen-bond acceptors (Lipinski definition) is 0. The van der Waals surface area contributed by atoms with E-state index < -0.39 is 0 Å². The van der Waals surface area contributed by atoms with Crippen LogP contribution in [0.4, 0.5) is 0 Å². The largest absolute Gasteiger partial charge is 0.0613 e. The molecule has 0 N–H and O–H groups in total. The minimum Gasteiger partial charge on any atom is -0.0613 e. The number of rotatable bonds is 1. The van der Waals surface area contributed by atoms with Crippen LogP contribution in [-0.2, 0) is 42.9 Å². The van der Waals surface area contributed by atoms with Gasteiger partial charge in [0.2, 0.25) is 0 Å². The zero-order chi connectivity index (χ0) is 25.4. The normalized spacial score (nSPS) is 14.8. The molecule has 1 aliphatic rings. The van der Waals surface area contributed by atoms with Crippen molar-refractivity contribution in [3.8, 4) is 0 Å². The molecule has 0 saturated carbocycles. The van der Waals surface area contributed by atoms with Crippen molar-refractivity contribution in [3.05, 3.63) is 93.5 Å². The summed E-state index contributed by atoms with van der Waals surface area (Å²) in [6.45, 7) is 16.4. The van der Waals surface area contributed by atoms with Gasteiger partial charge in [-0.1, -0.05) is 103 Å². The lowest BCUT2D eigenvalue weighted by Gasteiger charge is -2.26. The fourth-order valence-corrected chi connectivity index (χ4v) is 6.58. The van der Waals surface area contributed by atoms with Crippen molar-refractivity contribution in [2.24, 2.45) is 0 Å². The van der Waals surface area contributed by atoms with E-state index in [9.17, 15) is 0 Å². The molecule has 5 aromatic rings. The molecular formula is C36H40. The highest BCUT2D eigenvalue weighted by Gasteiger charge is 2.22. The molecule has 0 nitrogen and oxygen atoms in total. The molecule has 1 aliphatic carbocycles. The highest BCUT2D eigenvalue weighted by molar-refractivity contribution is 6.24. The van der Waals surface area contributed by atoms with Crippen LogP contribution in [0.15, 0.2) is 54.6 Å². The Bertz CT molecular complexity index is 1520. The quantitative estimate of drug-likeness (QED) is 0.213. The first-order valence-electron chi connectivity index (χ1n) is 13.9. The Morgan fingerprint density at radius 3 is 1.42 bits per heavy atom. The first kappa shape index (κ1) is 23.5. The third kappa shape index (κ3) is 3.73. The topological polar surface area (TPSA) is 0 Å². The predicted molar refractivity (Wildman–Crippen MR) is 158 cm³/mol. The van der Waals surface area contributed by atoms with Crippen LogP contribution in [0, 0.1) is 0 Å². The van der Waals surface area contributed by atoms with E-state index in [-0.39, 0.29) is 10.8 Å². The van der Waals surface area contributed by atoms with Gasteiger partial charge in [-0.15, -0.1) is 0 Å². The van der Waals surface area contributed by atoms with Crippen molar-refractivity contribution in [3.63, 3.8) is 0 Å². The van der Waals surface area contributed by atoms with Crippen LogP contribution >= 0.6 is 0 Å². The zero-order valence-electron chi connectivity index (χ0n) is 23.2. The first-order chi connectivity index (χ1) is 17.0. The summed E-state index contributed by atoms with van der Waals surface area (Å²) >= 11 is 0. The molecule has 6 rings (SSSR count). The predicted octanol–water partition coefficient (Wildman–Crippen LogP) is 9.63. The lowest BCUT2D eigenvalue weighted by Crippen LogP contribution is -2.15. The maximum atomic E-state index is 2.55. The maximum absolute atomic E-state index is 2.55. The van der Waals surface area contributed by atoms with Crippen LogP contribution in [0.5, 0.6) is 0 Å². The van der Waals surface area contributed by atoms with E-state index in [0.717, 1.165) is 32.1 Å². The number of hydrogen-bond donors (Lipinski definition) is 0. The Morgan fingerprint density at radius 2 is 0.972 bits per heavy atom. The molecule has 4 bridgehead atoms. The SMILES string of the molecule is CCc1c2cc(C(C)(C)C)cc1CCc1cc(c3ccc4cc(C(C)(C)C)cc5ccc1c3c45)CC2. The minimum atomic E-state index is 0.146. The summed E-state index contributed by atoms with van der Waals surface area (Å²) in [5.74, 6) is 0. The third-order valence-electron chi connectivity index (χ3n) is 8.74. The van der Waals surface area contributed by atoms with Gasteiger partial charge in [-0.05, 0) is 114 Å². The molecule has 0 radical (unpaired) electrons. The second-order valence-electron chi connectivity index (χ2n) is 13.2. The Morgan fingerprint density at radius 1 is 0.528 bits per heavy atom. The zero-order valence-corrected chi connectivity index (χ0v) is 23.2. The standard InChI is InChI=1S/C36H40/c1-8-30-24-11-9-22-17-23(10-12-25(30)19-28(18-24)35(2,3)4)32-16-14-27-21-29(36(5,6)7)20-26-13-15-31(22)34(32)33(26)27/h13-21H,8-12H2,1-7H3. The van der Waals surface area contributed by atoms with E-state index in [0.29, 0.717) is 0 Å².